The van der Waals surface area contributed by atoms with Crippen molar-refractivity contribution in [1.82, 2.24) is 14.5 Å². The van der Waals surface area contributed by atoms with E-state index in [1.807, 2.05) is 30.3 Å². The van der Waals surface area contributed by atoms with Gasteiger partial charge in [-0.3, -0.25) is 4.79 Å². The molecule has 0 saturated heterocycles. The molecule has 0 amide bonds. The van der Waals surface area contributed by atoms with Crippen LogP contribution in [0, 0.1) is 0 Å². The molecule has 2 heterocycles. The molecule has 1 aromatic carbocycles. The van der Waals surface area contributed by atoms with Crippen LogP contribution in [0.1, 0.15) is 10.5 Å². The summed E-state index contributed by atoms with van der Waals surface area (Å²) in [6.45, 7) is 0. The van der Waals surface area contributed by atoms with Crippen molar-refractivity contribution in [2.24, 2.45) is 0 Å². The van der Waals surface area contributed by atoms with Gasteiger partial charge >= 0.3 is 0 Å². The highest BCUT2D eigenvalue weighted by molar-refractivity contribution is 5.88. The Morgan fingerprint density at radius 2 is 2.12 bits per heavy atom. The second-order valence-corrected chi connectivity index (χ2v) is 3.67. The molecular formula is C13H9N3O. The number of para-hydroxylation sites is 1. The van der Waals surface area contributed by atoms with Gasteiger partial charge < -0.3 is 4.57 Å². The lowest BCUT2D eigenvalue weighted by Gasteiger charge is -2.06. The molecule has 0 saturated carbocycles. The van der Waals surface area contributed by atoms with Gasteiger partial charge in [-0.2, -0.15) is 0 Å². The van der Waals surface area contributed by atoms with E-state index in [-0.39, 0.29) is 0 Å². The Morgan fingerprint density at radius 3 is 2.88 bits per heavy atom. The molecule has 0 aliphatic rings. The van der Waals surface area contributed by atoms with E-state index >= 15 is 0 Å². The van der Waals surface area contributed by atoms with Gasteiger partial charge in [0.2, 0.25) is 0 Å². The number of hydrogen-bond donors (Lipinski definition) is 0. The fourth-order valence-electron chi connectivity index (χ4n) is 1.81. The van der Waals surface area contributed by atoms with Crippen LogP contribution in [0.2, 0.25) is 0 Å². The molecule has 0 fully saturated rings. The van der Waals surface area contributed by atoms with Crippen molar-refractivity contribution in [3.8, 4) is 5.69 Å². The second-order valence-electron chi connectivity index (χ2n) is 3.67. The Morgan fingerprint density at radius 1 is 1.24 bits per heavy atom. The Labute approximate surface area is 97.6 Å². The number of hydrogen-bond acceptors (Lipinski definition) is 3. The number of aldehydes is 1. The maximum Gasteiger partial charge on any atom is 0.170 e. The van der Waals surface area contributed by atoms with Crippen LogP contribution >= 0.6 is 0 Å². The van der Waals surface area contributed by atoms with E-state index in [9.17, 15) is 4.79 Å². The number of rotatable bonds is 2. The number of imidazole rings is 1. The molecule has 17 heavy (non-hydrogen) atoms. The molecule has 3 rings (SSSR count). The van der Waals surface area contributed by atoms with Crippen LogP contribution in [0.15, 0.2) is 49.1 Å². The Hall–Kier alpha value is -2.49. The van der Waals surface area contributed by atoms with Gasteiger partial charge in [0.05, 0.1) is 17.5 Å². The molecule has 0 unspecified atom stereocenters. The molecule has 4 nitrogen and oxygen atoms in total. The molecule has 0 aliphatic carbocycles. The molecule has 2 aromatic heterocycles. The summed E-state index contributed by atoms with van der Waals surface area (Å²) in [5.41, 5.74) is 1.98. The van der Waals surface area contributed by atoms with Crippen molar-refractivity contribution in [1.29, 1.82) is 0 Å². The average molecular weight is 223 g/mol. The van der Waals surface area contributed by atoms with Gasteiger partial charge in [-0.1, -0.05) is 18.2 Å². The highest BCUT2D eigenvalue weighted by Gasteiger charge is 2.07. The van der Waals surface area contributed by atoms with E-state index in [1.54, 1.807) is 23.3 Å². The number of aromatic nitrogens is 3. The lowest BCUT2D eigenvalue weighted by molar-refractivity contribution is 0.111. The topological polar surface area (TPSA) is 47.8 Å². The van der Waals surface area contributed by atoms with Gasteiger partial charge in [0.25, 0.3) is 0 Å². The lowest BCUT2D eigenvalue weighted by atomic mass is 10.2. The normalized spacial score (nSPS) is 10.6. The molecule has 82 valence electrons. The van der Waals surface area contributed by atoms with Crippen molar-refractivity contribution in [2.75, 3.05) is 0 Å². The molecule has 4 heteroatoms. The van der Waals surface area contributed by atoms with E-state index in [4.69, 9.17) is 0 Å². The number of nitrogens with zero attached hydrogens (tertiary/aromatic N) is 3. The molecular weight excluding hydrogens is 214 g/mol. The predicted molar refractivity (Wildman–Crippen MR) is 64.3 cm³/mol. The van der Waals surface area contributed by atoms with Gasteiger partial charge in [0.1, 0.15) is 5.69 Å². The second kappa shape index (κ2) is 3.83. The molecule has 0 aliphatic heterocycles. The van der Waals surface area contributed by atoms with Crippen LogP contribution in [0.5, 0.6) is 0 Å². The summed E-state index contributed by atoms with van der Waals surface area (Å²) in [6, 6.07) is 9.65. The number of fused-ring (bicyclic) bond motifs is 1. The first-order valence-corrected chi connectivity index (χ1v) is 5.22. The third-order valence-electron chi connectivity index (χ3n) is 2.63. The Bertz CT molecular complexity index is 674. The van der Waals surface area contributed by atoms with Gasteiger partial charge in [0, 0.05) is 17.8 Å². The van der Waals surface area contributed by atoms with Gasteiger partial charge in [-0.25, -0.2) is 9.97 Å². The number of carbonyl (C=O) groups is 1. The van der Waals surface area contributed by atoms with Crippen molar-refractivity contribution in [2.45, 2.75) is 0 Å². The molecule has 0 bridgehead atoms. The van der Waals surface area contributed by atoms with Crippen LogP contribution in [-0.2, 0) is 0 Å². The summed E-state index contributed by atoms with van der Waals surface area (Å²) in [7, 11) is 0. The predicted octanol–water partition coefficient (Wildman–Crippen LogP) is 2.23. The maximum atomic E-state index is 11.1. The van der Waals surface area contributed by atoms with E-state index < -0.39 is 0 Å². The number of pyridine rings is 1. The first-order chi connectivity index (χ1) is 8.38. The highest BCUT2D eigenvalue weighted by Crippen LogP contribution is 2.18. The largest absolute Gasteiger partial charge is 0.304 e. The summed E-state index contributed by atoms with van der Waals surface area (Å²) in [6.07, 6.45) is 5.88. The van der Waals surface area contributed by atoms with Crippen molar-refractivity contribution < 1.29 is 4.79 Å². The minimum atomic E-state index is 0.418. The smallest absolute Gasteiger partial charge is 0.170 e. The zero-order valence-electron chi connectivity index (χ0n) is 8.95. The number of benzene rings is 1. The zero-order chi connectivity index (χ0) is 11.7. The molecule has 3 aromatic rings. The van der Waals surface area contributed by atoms with Crippen molar-refractivity contribution in [3.63, 3.8) is 0 Å². The minimum Gasteiger partial charge on any atom is -0.304 e. The standard InChI is InChI=1S/C13H9N3O/c17-8-12-13(16-6-5-14-9-16)7-10-3-1-2-4-11(10)15-12/h1-9H. The van der Waals surface area contributed by atoms with E-state index in [1.165, 1.54) is 0 Å². The summed E-state index contributed by atoms with van der Waals surface area (Å²) >= 11 is 0. The average Bonchev–Trinajstić information content (AvgIpc) is 2.91. The van der Waals surface area contributed by atoms with Crippen molar-refractivity contribution in [3.05, 3.63) is 54.7 Å². The third-order valence-corrected chi connectivity index (χ3v) is 2.63. The SMILES string of the molecule is O=Cc1nc2ccccc2cc1-n1ccnc1. The summed E-state index contributed by atoms with van der Waals surface area (Å²) < 4.78 is 1.78. The Balaban J connectivity index is 2.33. The Kier molecular flexibility index (Phi) is 2.19. The first-order valence-electron chi connectivity index (χ1n) is 5.22. The van der Waals surface area contributed by atoms with Crippen LogP contribution in [0.4, 0.5) is 0 Å². The number of carbonyl (C=O) groups excluding carboxylic acids is 1. The highest BCUT2D eigenvalue weighted by atomic mass is 16.1. The molecule has 0 radical (unpaired) electrons. The fraction of sp³-hybridized carbons (Fsp3) is 0. The van der Waals surface area contributed by atoms with Gasteiger partial charge in [-0.15, -0.1) is 0 Å². The maximum absolute atomic E-state index is 11.1. The van der Waals surface area contributed by atoms with Crippen LogP contribution in [0.25, 0.3) is 16.6 Å². The zero-order valence-corrected chi connectivity index (χ0v) is 8.95. The molecule has 0 atom stereocenters. The van der Waals surface area contributed by atoms with Crippen LogP contribution in [0.3, 0.4) is 0 Å². The van der Waals surface area contributed by atoms with E-state index in [0.29, 0.717) is 5.69 Å². The quantitative estimate of drug-likeness (QED) is 0.626. The van der Waals surface area contributed by atoms with Crippen LogP contribution in [-0.4, -0.2) is 20.8 Å². The van der Waals surface area contributed by atoms with E-state index in [0.717, 1.165) is 22.9 Å². The van der Waals surface area contributed by atoms with Gasteiger partial charge in [0.15, 0.2) is 6.29 Å². The molecule has 0 spiro atoms. The third kappa shape index (κ3) is 1.59. The van der Waals surface area contributed by atoms with E-state index in [2.05, 4.69) is 9.97 Å². The minimum absolute atomic E-state index is 0.418. The lowest BCUT2D eigenvalue weighted by Crippen LogP contribution is -1.99. The first kappa shape index (κ1) is 9.72. The van der Waals surface area contributed by atoms with Crippen molar-refractivity contribution >= 4 is 17.2 Å². The van der Waals surface area contributed by atoms with Crippen LogP contribution < -0.4 is 0 Å². The fourth-order valence-corrected chi connectivity index (χ4v) is 1.81. The monoisotopic (exact) mass is 223 g/mol. The summed E-state index contributed by atoms with van der Waals surface area (Å²) in [5.74, 6) is 0. The molecule has 0 N–H and O–H groups in total. The summed E-state index contributed by atoms with van der Waals surface area (Å²) in [4.78, 5) is 19.4. The van der Waals surface area contributed by atoms with Gasteiger partial charge in [-0.05, 0) is 12.1 Å². The summed E-state index contributed by atoms with van der Waals surface area (Å²) in [5, 5.41) is 1.00.